The summed E-state index contributed by atoms with van der Waals surface area (Å²) in [6.07, 6.45) is 2.59. The Balaban J connectivity index is 1.50. The van der Waals surface area contributed by atoms with Crippen molar-refractivity contribution < 1.29 is 29.0 Å². The molecule has 1 aromatic carbocycles. The van der Waals surface area contributed by atoms with Crippen molar-refractivity contribution in [2.45, 2.75) is 57.5 Å². The van der Waals surface area contributed by atoms with E-state index in [1.807, 2.05) is 43.3 Å². The van der Waals surface area contributed by atoms with Crippen LogP contribution in [0.4, 0.5) is 10.5 Å². The Bertz CT molecular complexity index is 1260. The number of carbonyl (C=O) groups excluding carboxylic acids is 3. The summed E-state index contributed by atoms with van der Waals surface area (Å²) in [4.78, 5) is 60.8. The van der Waals surface area contributed by atoms with E-state index in [1.54, 1.807) is 15.9 Å². The molecular formula is C31H42N6O6. The van der Waals surface area contributed by atoms with E-state index in [2.05, 4.69) is 15.2 Å². The van der Waals surface area contributed by atoms with Crippen LogP contribution in [0.15, 0.2) is 42.5 Å². The minimum absolute atomic E-state index is 0.0750. The predicted octanol–water partition coefficient (Wildman–Crippen LogP) is 2.72. The van der Waals surface area contributed by atoms with Crippen molar-refractivity contribution in [3.8, 4) is 11.3 Å². The first-order valence-electron chi connectivity index (χ1n) is 15.1. The summed E-state index contributed by atoms with van der Waals surface area (Å²) in [5, 5.41) is 12.1. The highest BCUT2D eigenvalue weighted by Gasteiger charge is 2.31. The van der Waals surface area contributed by atoms with E-state index in [0.717, 1.165) is 50.0 Å². The Labute approximate surface area is 252 Å². The molecule has 2 aliphatic heterocycles. The number of hydrogen-bond acceptors (Lipinski definition) is 8. The van der Waals surface area contributed by atoms with Crippen LogP contribution >= 0.6 is 0 Å². The zero-order valence-electron chi connectivity index (χ0n) is 24.7. The number of aromatic nitrogens is 1. The van der Waals surface area contributed by atoms with E-state index >= 15 is 0 Å². The highest BCUT2D eigenvalue weighted by atomic mass is 16.6. The highest BCUT2D eigenvalue weighted by Crippen LogP contribution is 2.26. The summed E-state index contributed by atoms with van der Waals surface area (Å²) in [7, 11) is 0. The van der Waals surface area contributed by atoms with E-state index in [-0.39, 0.29) is 37.7 Å². The maximum atomic E-state index is 13.6. The van der Waals surface area contributed by atoms with Crippen molar-refractivity contribution in [2.75, 3.05) is 50.8 Å². The average molecular weight is 595 g/mol. The Kier molecular flexibility index (Phi) is 11.3. The van der Waals surface area contributed by atoms with Gasteiger partial charge in [-0.05, 0) is 37.8 Å². The highest BCUT2D eigenvalue weighted by molar-refractivity contribution is 5.97. The van der Waals surface area contributed by atoms with Gasteiger partial charge in [0.15, 0.2) is 0 Å². The number of piperidine rings is 1. The Morgan fingerprint density at radius 3 is 2.35 bits per heavy atom. The first-order valence-corrected chi connectivity index (χ1v) is 15.1. The second-order valence-electron chi connectivity index (χ2n) is 11.0. The minimum atomic E-state index is -1.07. The predicted molar refractivity (Wildman–Crippen MR) is 162 cm³/mol. The molecule has 2 fully saturated rings. The van der Waals surface area contributed by atoms with Gasteiger partial charge >= 0.3 is 12.1 Å². The van der Waals surface area contributed by atoms with Gasteiger partial charge < -0.3 is 35.6 Å². The summed E-state index contributed by atoms with van der Waals surface area (Å²) in [6.45, 7) is 4.95. The van der Waals surface area contributed by atoms with Gasteiger partial charge in [-0.1, -0.05) is 43.7 Å². The van der Waals surface area contributed by atoms with Gasteiger partial charge in [-0.3, -0.25) is 14.4 Å². The monoisotopic (exact) mass is 594 g/mol. The number of aliphatic carboxylic acids is 1. The second kappa shape index (κ2) is 15.3. The van der Waals surface area contributed by atoms with E-state index in [0.29, 0.717) is 25.4 Å². The number of anilines is 1. The van der Waals surface area contributed by atoms with Crippen molar-refractivity contribution in [2.24, 2.45) is 5.73 Å². The summed E-state index contributed by atoms with van der Waals surface area (Å²) in [5.74, 6) is -2.02. The van der Waals surface area contributed by atoms with Crippen molar-refractivity contribution in [1.82, 2.24) is 20.1 Å². The minimum Gasteiger partial charge on any atom is -0.481 e. The number of carboxylic acids is 1. The number of hydrogen-bond donors (Lipinski definition) is 3. The van der Waals surface area contributed by atoms with Crippen LogP contribution in [0, 0.1) is 0 Å². The Morgan fingerprint density at radius 1 is 1.02 bits per heavy atom. The molecule has 1 atom stereocenters. The summed E-state index contributed by atoms with van der Waals surface area (Å²) >= 11 is 0. The number of unbranched alkanes of at least 4 members (excludes halogenated alkanes) is 1. The fraction of sp³-hybridized carbons (Fsp3) is 0.516. The molecule has 12 nitrogen and oxygen atoms in total. The van der Waals surface area contributed by atoms with Crippen molar-refractivity contribution in [1.29, 1.82) is 0 Å². The second-order valence-corrected chi connectivity index (χ2v) is 11.0. The molecule has 4 rings (SSSR count). The smallest absolute Gasteiger partial charge is 0.409 e. The normalized spacial score (nSPS) is 16.5. The van der Waals surface area contributed by atoms with E-state index in [1.165, 1.54) is 0 Å². The van der Waals surface area contributed by atoms with Crippen LogP contribution in [-0.2, 0) is 14.3 Å². The number of nitrogens with two attached hydrogens (primary N) is 1. The molecule has 0 bridgehead atoms. The number of ether oxygens (including phenoxy) is 1. The lowest BCUT2D eigenvalue weighted by Crippen LogP contribution is -2.56. The van der Waals surface area contributed by atoms with Crippen LogP contribution in [0.1, 0.15) is 55.9 Å². The van der Waals surface area contributed by atoms with E-state index in [4.69, 9.17) is 10.5 Å². The number of piperazine rings is 1. The topological polar surface area (TPSA) is 158 Å². The molecule has 2 aromatic rings. The van der Waals surface area contributed by atoms with Gasteiger partial charge in [0, 0.05) is 63.0 Å². The Morgan fingerprint density at radius 2 is 1.70 bits per heavy atom. The zero-order chi connectivity index (χ0) is 30.8. The largest absolute Gasteiger partial charge is 0.481 e. The third-order valence-corrected chi connectivity index (χ3v) is 7.84. The molecule has 1 aromatic heterocycles. The number of rotatable bonds is 11. The van der Waals surface area contributed by atoms with Crippen molar-refractivity contribution in [3.05, 3.63) is 48.2 Å². The molecule has 0 spiro atoms. The molecule has 43 heavy (non-hydrogen) atoms. The molecule has 3 heterocycles. The van der Waals surface area contributed by atoms with E-state index in [9.17, 15) is 24.3 Å². The number of amides is 3. The van der Waals surface area contributed by atoms with Crippen molar-refractivity contribution in [3.63, 3.8) is 0 Å². The molecule has 0 radical (unpaired) electrons. The fourth-order valence-electron chi connectivity index (χ4n) is 5.21. The molecule has 2 saturated heterocycles. The van der Waals surface area contributed by atoms with Gasteiger partial charge in [0.1, 0.15) is 11.7 Å². The van der Waals surface area contributed by atoms with Gasteiger partial charge in [-0.25, -0.2) is 9.78 Å². The van der Waals surface area contributed by atoms with Crippen LogP contribution in [0.2, 0.25) is 0 Å². The standard InChI is InChI=1S/C31H42N6O6/c1-2-3-19-43-31(42)37-17-15-36(16-18-37)30(41)25(9-10-28(38)39)34-29(40)27-21-24(35-13-11-23(32)12-14-35)20-26(33-27)22-7-5-4-6-8-22/h4-8,20-21,23,25H,2-3,9-19,32H2,1H3,(H,34,40)(H,38,39)/t25-/m0/s1. The lowest BCUT2D eigenvalue weighted by atomic mass is 10.0. The molecule has 2 aliphatic rings. The maximum Gasteiger partial charge on any atom is 0.409 e. The third-order valence-electron chi connectivity index (χ3n) is 7.84. The molecule has 0 saturated carbocycles. The number of nitrogens with one attached hydrogen (secondary N) is 1. The molecule has 232 valence electrons. The summed E-state index contributed by atoms with van der Waals surface area (Å²) < 4.78 is 5.28. The van der Waals surface area contributed by atoms with Gasteiger partial charge in [0.05, 0.1) is 12.3 Å². The van der Waals surface area contributed by atoms with Gasteiger partial charge in [0.2, 0.25) is 5.91 Å². The Hall–Kier alpha value is -4.19. The molecule has 0 aliphatic carbocycles. The fourth-order valence-corrected chi connectivity index (χ4v) is 5.21. The summed E-state index contributed by atoms with van der Waals surface area (Å²) in [5.41, 5.74) is 8.54. The van der Waals surface area contributed by atoms with Crippen LogP contribution in [0.5, 0.6) is 0 Å². The third kappa shape index (κ3) is 8.90. The van der Waals surface area contributed by atoms with E-state index < -0.39 is 29.9 Å². The average Bonchev–Trinajstić information content (AvgIpc) is 3.03. The number of pyridine rings is 1. The molecular weight excluding hydrogens is 552 g/mol. The molecule has 0 unspecified atom stereocenters. The van der Waals surface area contributed by atoms with Crippen molar-refractivity contribution >= 4 is 29.6 Å². The number of benzene rings is 1. The molecule has 4 N–H and O–H groups in total. The number of nitrogens with zero attached hydrogens (tertiary/aromatic N) is 4. The first kappa shape index (κ1) is 31.7. The first-order chi connectivity index (χ1) is 20.7. The maximum absolute atomic E-state index is 13.6. The number of carbonyl (C=O) groups is 4. The van der Waals surface area contributed by atoms with Crippen LogP contribution in [0.3, 0.4) is 0 Å². The molecule has 3 amide bonds. The lowest BCUT2D eigenvalue weighted by Gasteiger charge is -2.36. The van der Waals surface area contributed by atoms with Gasteiger partial charge in [-0.15, -0.1) is 0 Å². The number of carboxylic acid groups (broad SMARTS) is 1. The summed E-state index contributed by atoms with van der Waals surface area (Å²) in [6, 6.07) is 12.3. The van der Waals surface area contributed by atoms with Crippen LogP contribution in [0.25, 0.3) is 11.3 Å². The lowest BCUT2D eigenvalue weighted by molar-refractivity contribution is -0.138. The van der Waals surface area contributed by atoms with Crippen LogP contribution < -0.4 is 16.0 Å². The quantitative estimate of drug-likeness (QED) is 0.333. The van der Waals surface area contributed by atoms with Gasteiger partial charge in [-0.2, -0.15) is 0 Å². The van der Waals surface area contributed by atoms with Crippen LogP contribution in [-0.4, -0.2) is 102 Å². The SMILES string of the molecule is CCCCOC(=O)N1CCN(C(=O)[C@H](CCC(=O)O)NC(=O)c2cc(N3CCC(N)CC3)cc(-c3ccccc3)n2)CC1. The zero-order valence-corrected chi connectivity index (χ0v) is 24.7. The van der Waals surface area contributed by atoms with Gasteiger partial charge in [0.25, 0.3) is 5.91 Å². The molecule has 12 heteroatoms.